The lowest BCUT2D eigenvalue weighted by molar-refractivity contribution is 0.572. The second-order valence-corrected chi connectivity index (χ2v) is 12.0. The van der Waals surface area contributed by atoms with E-state index in [9.17, 15) is 4.57 Å². The van der Waals surface area contributed by atoms with Crippen LogP contribution in [-0.4, -0.2) is 5.16 Å². The molecular formula is C22H24OP2. The van der Waals surface area contributed by atoms with Gasteiger partial charge in [0.1, 0.15) is 7.80 Å². The zero-order valence-electron chi connectivity index (χ0n) is 14.9. The molecule has 0 aliphatic rings. The van der Waals surface area contributed by atoms with Crippen molar-refractivity contribution in [1.82, 2.24) is 0 Å². The predicted octanol–water partition coefficient (Wildman–Crippen LogP) is 4.43. The molecule has 0 saturated carbocycles. The molecule has 0 N–H and O–H groups in total. The Bertz CT molecular complexity index is 812. The van der Waals surface area contributed by atoms with Gasteiger partial charge in [0.15, 0.2) is 0 Å². The van der Waals surface area contributed by atoms with E-state index in [2.05, 4.69) is 87.5 Å². The SMILES string of the molecule is CC(C)(C)[PH](=O)c1ccccc1P(c1ccccc1)c1ccccc1. The molecule has 1 unspecified atom stereocenters. The first-order valence-corrected chi connectivity index (χ1v) is 11.3. The molecule has 0 spiro atoms. The topological polar surface area (TPSA) is 17.1 Å². The largest absolute Gasteiger partial charge is 0.321 e. The maximum absolute atomic E-state index is 13.2. The van der Waals surface area contributed by atoms with Gasteiger partial charge in [-0.3, -0.25) is 0 Å². The molecule has 0 aliphatic heterocycles. The molecule has 0 saturated heterocycles. The average molecular weight is 366 g/mol. The fourth-order valence-electron chi connectivity index (χ4n) is 2.85. The van der Waals surface area contributed by atoms with Gasteiger partial charge in [-0.25, -0.2) is 0 Å². The van der Waals surface area contributed by atoms with E-state index in [1.54, 1.807) is 0 Å². The Hall–Kier alpha value is -1.68. The van der Waals surface area contributed by atoms with Crippen molar-refractivity contribution < 1.29 is 4.57 Å². The van der Waals surface area contributed by atoms with Gasteiger partial charge in [-0.15, -0.1) is 0 Å². The van der Waals surface area contributed by atoms with Crippen LogP contribution in [0.5, 0.6) is 0 Å². The molecule has 0 bridgehead atoms. The molecule has 1 nitrogen and oxygen atoms in total. The second kappa shape index (κ2) is 7.69. The quantitative estimate of drug-likeness (QED) is 0.625. The third-order valence-corrected chi connectivity index (χ3v) is 9.10. The summed E-state index contributed by atoms with van der Waals surface area (Å²) in [6.07, 6.45) is 0. The second-order valence-electron chi connectivity index (χ2n) is 7.10. The van der Waals surface area contributed by atoms with Crippen molar-refractivity contribution in [2.24, 2.45) is 0 Å². The Balaban J connectivity index is 2.21. The van der Waals surface area contributed by atoms with Crippen LogP contribution in [0, 0.1) is 0 Å². The smallest absolute Gasteiger partial charge is 0.109 e. The highest BCUT2D eigenvalue weighted by molar-refractivity contribution is 7.81. The van der Waals surface area contributed by atoms with Gasteiger partial charge in [0.25, 0.3) is 0 Å². The number of hydrogen-bond donors (Lipinski definition) is 0. The van der Waals surface area contributed by atoms with E-state index in [0.29, 0.717) is 0 Å². The Morgan fingerprint density at radius 2 is 1.12 bits per heavy atom. The van der Waals surface area contributed by atoms with E-state index in [1.165, 1.54) is 15.9 Å². The van der Waals surface area contributed by atoms with Gasteiger partial charge in [0.2, 0.25) is 0 Å². The molecule has 1 atom stereocenters. The van der Waals surface area contributed by atoms with Crippen molar-refractivity contribution in [1.29, 1.82) is 0 Å². The number of hydrogen-bond acceptors (Lipinski definition) is 1. The van der Waals surface area contributed by atoms with Gasteiger partial charge in [-0.2, -0.15) is 0 Å². The first kappa shape index (κ1) is 18.1. The van der Waals surface area contributed by atoms with Crippen LogP contribution in [-0.2, 0) is 4.57 Å². The molecule has 0 aliphatic carbocycles. The van der Waals surface area contributed by atoms with E-state index in [0.717, 1.165) is 5.30 Å². The third kappa shape index (κ3) is 4.12. The summed E-state index contributed by atoms with van der Waals surface area (Å²) < 4.78 is 13.2. The molecule has 0 aromatic heterocycles. The van der Waals surface area contributed by atoms with Crippen LogP contribution >= 0.6 is 15.7 Å². The van der Waals surface area contributed by atoms with Gasteiger partial charge in [-0.05, 0) is 23.8 Å². The van der Waals surface area contributed by atoms with Gasteiger partial charge in [0, 0.05) is 10.5 Å². The van der Waals surface area contributed by atoms with Crippen molar-refractivity contribution in [2.45, 2.75) is 25.9 Å². The maximum Gasteiger partial charge on any atom is 0.109 e. The first-order chi connectivity index (χ1) is 12.0. The van der Waals surface area contributed by atoms with Gasteiger partial charge >= 0.3 is 0 Å². The number of rotatable bonds is 4. The van der Waals surface area contributed by atoms with Gasteiger partial charge < -0.3 is 4.57 Å². The summed E-state index contributed by atoms with van der Waals surface area (Å²) in [6.45, 7) is 6.20. The van der Waals surface area contributed by atoms with Crippen LogP contribution in [0.15, 0.2) is 84.9 Å². The molecule has 3 heteroatoms. The van der Waals surface area contributed by atoms with E-state index in [1.807, 2.05) is 18.2 Å². The van der Waals surface area contributed by atoms with Crippen LogP contribution in [0.2, 0.25) is 0 Å². The lowest BCUT2D eigenvalue weighted by atomic mass is 10.3. The predicted molar refractivity (Wildman–Crippen MR) is 114 cm³/mol. The van der Waals surface area contributed by atoms with Crippen molar-refractivity contribution in [3.63, 3.8) is 0 Å². The van der Waals surface area contributed by atoms with E-state index >= 15 is 0 Å². The van der Waals surface area contributed by atoms with E-state index in [4.69, 9.17) is 0 Å². The maximum atomic E-state index is 13.2. The molecule has 25 heavy (non-hydrogen) atoms. The molecule has 0 fully saturated rings. The van der Waals surface area contributed by atoms with Gasteiger partial charge in [-0.1, -0.05) is 106 Å². The molecular weight excluding hydrogens is 342 g/mol. The fourth-order valence-corrected chi connectivity index (χ4v) is 7.20. The summed E-state index contributed by atoms with van der Waals surface area (Å²) >= 11 is 0. The summed E-state index contributed by atoms with van der Waals surface area (Å²) in [5, 5.41) is 4.61. The standard InChI is InChI=1S/C22H24OP2/c1-22(2,3)25(23)21-17-11-10-16-20(21)24(18-12-6-4-7-13-18)19-14-8-5-9-15-19/h4-17,25H,1-3H3. The Kier molecular flexibility index (Phi) is 5.57. The summed E-state index contributed by atoms with van der Waals surface area (Å²) in [6, 6.07) is 29.5. The Morgan fingerprint density at radius 1 is 0.680 bits per heavy atom. The minimum Gasteiger partial charge on any atom is -0.321 e. The van der Waals surface area contributed by atoms with Crippen LogP contribution in [0.3, 0.4) is 0 Å². The summed E-state index contributed by atoms with van der Waals surface area (Å²) in [4.78, 5) is 0. The molecule has 0 radical (unpaired) electrons. The monoisotopic (exact) mass is 366 g/mol. The van der Waals surface area contributed by atoms with Crippen molar-refractivity contribution in [3.05, 3.63) is 84.9 Å². The van der Waals surface area contributed by atoms with Crippen LogP contribution in [0.4, 0.5) is 0 Å². The summed E-state index contributed by atoms with van der Waals surface area (Å²) in [7, 11) is -2.63. The lowest BCUT2D eigenvalue weighted by Gasteiger charge is -2.25. The van der Waals surface area contributed by atoms with Crippen molar-refractivity contribution in [3.8, 4) is 0 Å². The highest BCUT2D eigenvalue weighted by Crippen LogP contribution is 2.40. The lowest BCUT2D eigenvalue weighted by Crippen LogP contribution is -2.31. The minimum atomic E-state index is -1.90. The summed E-state index contributed by atoms with van der Waals surface area (Å²) in [5.41, 5.74) is 0. The van der Waals surface area contributed by atoms with Crippen LogP contribution in [0.1, 0.15) is 20.8 Å². The molecule has 3 aromatic rings. The highest BCUT2D eigenvalue weighted by Gasteiger charge is 2.27. The van der Waals surface area contributed by atoms with Crippen molar-refractivity contribution >= 4 is 36.9 Å². The first-order valence-electron chi connectivity index (χ1n) is 8.52. The molecule has 128 valence electrons. The van der Waals surface area contributed by atoms with Crippen molar-refractivity contribution in [2.75, 3.05) is 0 Å². The average Bonchev–Trinajstić information content (AvgIpc) is 2.63. The Labute approximate surface area is 152 Å². The zero-order valence-corrected chi connectivity index (χ0v) is 16.8. The fraction of sp³-hybridized carbons (Fsp3) is 0.182. The summed E-state index contributed by atoms with van der Waals surface area (Å²) in [5.74, 6) is 0. The molecule has 0 amide bonds. The van der Waals surface area contributed by atoms with Crippen LogP contribution < -0.4 is 21.2 Å². The molecule has 0 heterocycles. The van der Waals surface area contributed by atoms with Gasteiger partial charge in [0.05, 0.1) is 0 Å². The minimum absolute atomic E-state index is 0.213. The molecule has 3 aromatic carbocycles. The zero-order chi connectivity index (χ0) is 17.9. The van der Waals surface area contributed by atoms with Crippen LogP contribution in [0.25, 0.3) is 0 Å². The highest BCUT2D eigenvalue weighted by atomic mass is 31.1. The van der Waals surface area contributed by atoms with E-state index < -0.39 is 15.7 Å². The third-order valence-electron chi connectivity index (χ3n) is 4.10. The van der Waals surface area contributed by atoms with E-state index in [-0.39, 0.29) is 5.16 Å². The Morgan fingerprint density at radius 3 is 1.60 bits per heavy atom. The molecule has 3 rings (SSSR count). The number of benzene rings is 3. The normalized spacial score (nSPS) is 13.0.